The van der Waals surface area contributed by atoms with Crippen LogP contribution in [0.1, 0.15) is 37.5 Å². The molecule has 2 aromatic carbocycles. The minimum Gasteiger partial charge on any atom is -0.380 e. The van der Waals surface area contributed by atoms with Crippen LogP contribution in [0.5, 0.6) is 0 Å². The van der Waals surface area contributed by atoms with E-state index in [-0.39, 0.29) is 0 Å². The van der Waals surface area contributed by atoms with Gasteiger partial charge in [0.2, 0.25) is 0 Å². The average Bonchev–Trinajstić information content (AvgIpc) is 2.63. The quantitative estimate of drug-likeness (QED) is 0.504. The van der Waals surface area contributed by atoms with Gasteiger partial charge in [-0.15, -0.1) is 5.54 Å². The molecule has 0 aliphatic carbocycles. The monoisotopic (exact) mass is 335 g/mol. The summed E-state index contributed by atoms with van der Waals surface area (Å²) in [5.74, 6) is 3.53. The van der Waals surface area contributed by atoms with Gasteiger partial charge < -0.3 is 5.32 Å². The van der Waals surface area contributed by atoms with E-state index >= 15 is 0 Å². The van der Waals surface area contributed by atoms with Crippen molar-refractivity contribution < 1.29 is 0 Å². The topological polar surface area (TPSA) is 12.0 Å². The molecule has 1 N–H and O–H groups in total. The largest absolute Gasteiger partial charge is 0.380 e. The van der Waals surface area contributed by atoms with Gasteiger partial charge in [-0.3, -0.25) is 0 Å². The molecule has 2 heteroatoms. The van der Waals surface area contributed by atoms with Gasteiger partial charge in [0.25, 0.3) is 0 Å². The fourth-order valence-corrected chi connectivity index (χ4v) is 5.35. The molecule has 1 nitrogen and oxygen atoms in total. The van der Waals surface area contributed by atoms with Crippen LogP contribution in [0.25, 0.3) is 0 Å². The van der Waals surface area contributed by atoms with Crippen LogP contribution in [0.15, 0.2) is 48.5 Å². The van der Waals surface area contributed by atoms with E-state index in [2.05, 4.69) is 93.0 Å². The van der Waals surface area contributed by atoms with E-state index in [4.69, 9.17) is 0 Å². The van der Waals surface area contributed by atoms with Crippen LogP contribution in [-0.4, -0.2) is 8.07 Å². The maximum atomic E-state index is 3.71. The maximum absolute atomic E-state index is 3.71. The van der Waals surface area contributed by atoms with Crippen molar-refractivity contribution >= 4 is 13.8 Å². The Bertz CT molecular complexity index is 697. The molecule has 0 bridgehead atoms. The number of hydrogen-bond acceptors (Lipinski definition) is 1. The first-order chi connectivity index (χ1) is 11.6. The molecule has 2 rings (SSSR count). The second-order valence-corrected chi connectivity index (χ2v) is 11.4. The SMILES string of the molecule is CC[Si](C#Cc1cc(C)ccc1NCc1ccccc1)(CC)CC. The molecule has 0 atom stereocenters. The summed E-state index contributed by atoms with van der Waals surface area (Å²) in [6.45, 7) is 9.88. The lowest BCUT2D eigenvalue weighted by molar-refractivity contribution is 1.15. The molecule has 0 unspecified atom stereocenters. The highest BCUT2D eigenvalue weighted by atomic mass is 28.3. The van der Waals surface area contributed by atoms with Gasteiger partial charge in [0, 0.05) is 12.1 Å². The van der Waals surface area contributed by atoms with Crippen LogP contribution in [0.3, 0.4) is 0 Å². The van der Waals surface area contributed by atoms with Crippen LogP contribution in [-0.2, 0) is 6.54 Å². The molecule has 0 aliphatic rings. The molecule has 0 aliphatic heterocycles. The zero-order valence-corrected chi connectivity index (χ0v) is 16.4. The standard InChI is InChI=1S/C22H29NSi/c1-5-24(6-2,7-3)16-15-21-17-19(4)13-14-22(21)23-18-20-11-9-8-10-12-20/h8-14,17,23H,5-7,18H2,1-4H3. The second kappa shape index (κ2) is 8.75. The summed E-state index contributed by atoms with van der Waals surface area (Å²) in [5, 5.41) is 3.56. The van der Waals surface area contributed by atoms with E-state index in [1.807, 2.05) is 0 Å². The number of benzene rings is 2. The zero-order valence-electron chi connectivity index (χ0n) is 15.4. The molecule has 0 saturated heterocycles. The van der Waals surface area contributed by atoms with Crippen LogP contribution in [0.2, 0.25) is 18.1 Å². The van der Waals surface area contributed by atoms with Gasteiger partial charge in [0.05, 0.1) is 5.69 Å². The van der Waals surface area contributed by atoms with Gasteiger partial charge in [0.1, 0.15) is 8.07 Å². The molecule has 2 aromatic rings. The van der Waals surface area contributed by atoms with Gasteiger partial charge in [-0.25, -0.2) is 0 Å². The lowest BCUT2D eigenvalue weighted by Gasteiger charge is -2.20. The van der Waals surface area contributed by atoms with Gasteiger partial charge >= 0.3 is 0 Å². The number of aryl methyl sites for hydroxylation is 1. The summed E-state index contributed by atoms with van der Waals surface area (Å²) in [6, 6.07) is 20.8. The number of rotatable bonds is 6. The van der Waals surface area contributed by atoms with Crippen molar-refractivity contribution in [3.63, 3.8) is 0 Å². The van der Waals surface area contributed by atoms with Crippen molar-refractivity contribution in [2.75, 3.05) is 5.32 Å². The van der Waals surface area contributed by atoms with E-state index in [9.17, 15) is 0 Å². The number of nitrogens with one attached hydrogen (secondary N) is 1. The fraction of sp³-hybridized carbons (Fsp3) is 0.364. The molecule has 0 aromatic heterocycles. The van der Waals surface area contributed by atoms with Gasteiger partial charge in [0.15, 0.2) is 0 Å². The highest BCUT2D eigenvalue weighted by Crippen LogP contribution is 2.21. The van der Waals surface area contributed by atoms with Gasteiger partial charge in [-0.2, -0.15) is 0 Å². The molecular formula is C22H29NSi. The van der Waals surface area contributed by atoms with Crippen molar-refractivity contribution in [2.45, 2.75) is 52.4 Å². The third-order valence-electron chi connectivity index (χ3n) is 4.99. The minimum absolute atomic E-state index is 0.830. The Balaban J connectivity index is 2.25. The molecule has 0 heterocycles. The molecule has 126 valence electrons. The van der Waals surface area contributed by atoms with Crippen LogP contribution in [0, 0.1) is 18.4 Å². The Morgan fingerprint density at radius 2 is 1.58 bits per heavy atom. The highest BCUT2D eigenvalue weighted by molar-refractivity contribution is 6.87. The highest BCUT2D eigenvalue weighted by Gasteiger charge is 2.24. The maximum Gasteiger partial charge on any atom is 0.138 e. The fourth-order valence-electron chi connectivity index (χ4n) is 2.92. The lowest BCUT2D eigenvalue weighted by Crippen LogP contribution is -2.29. The predicted molar refractivity (Wildman–Crippen MR) is 109 cm³/mol. The summed E-state index contributed by atoms with van der Waals surface area (Å²) >= 11 is 0. The number of hydrogen-bond donors (Lipinski definition) is 1. The van der Waals surface area contributed by atoms with Crippen molar-refractivity contribution in [3.8, 4) is 11.5 Å². The third kappa shape index (κ3) is 4.76. The Hall–Kier alpha value is -1.98. The third-order valence-corrected chi connectivity index (χ3v) is 9.71. The molecule has 0 radical (unpaired) electrons. The average molecular weight is 336 g/mol. The molecule has 0 saturated carbocycles. The van der Waals surface area contributed by atoms with E-state index < -0.39 is 8.07 Å². The van der Waals surface area contributed by atoms with Crippen molar-refractivity contribution in [2.24, 2.45) is 0 Å². The Labute approximate surface area is 148 Å². The molecular weight excluding hydrogens is 306 g/mol. The predicted octanol–water partition coefficient (Wildman–Crippen LogP) is 6.01. The Morgan fingerprint density at radius 3 is 2.21 bits per heavy atom. The van der Waals surface area contributed by atoms with E-state index in [1.54, 1.807) is 0 Å². The molecule has 24 heavy (non-hydrogen) atoms. The van der Waals surface area contributed by atoms with Crippen molar-refractivity contribution in [3.05, 3.63) is 65.2 Å². The van der Waals surface area contributed by atoms with Crippen molar-refractivity contribution in [1.29, 1.82) is 0 Å². The Morgan fingerprint density at radius 1 is 0.917 bits per heavy atom. The van der Waals surface area contributed by atoms with Crippen LogP contribution >= 0.6 is 0 Å². The smallest absolute Gasteiger partial charge is 0.138 e. The lowest BCUT2D eigenvalue weighted by atomic mass is 10.1. The van der Waals surface area contributed by atoms with Crippen LogP contribution in [0.4, 0.5) is 5.69 Å². The minimum atomic E-state index is -1.42. The van der Waals surface area contributed by atoms with Gasteiger partial charge in [-0.1, -0.05) is 63.1 Å². The second-order valence-electron chi connectivity index (χ2n) is 6.48. The van der Waals surface area contributed by atoms with Crippen molar-refractivity contribution in [1.82, 2.24) is 0 Å². The van der Waals surface area contributed by atoms with E-state index in [1.165, 1.54) is 29.3 Å². The first kappa shape index (κ1) is 18.4. The first-order valence-corrected chi connectivity index (χ1v) is 11.7. The van der Waals surface area contributed by atoms with Crippen LogP contribution < -0.4 is 5.32 Å². The molecule has 0 spiro atoms. The summed E-state index contributed by atoms with van der Waals surface area (Å²) < 4.78 is 0. The van der Waals surface area contributed by atoms with E-state index in [0.29, 0.717) is 0 Å². The normalized spacial score (nSPS) is 10.8. The molecule has 0 amide bonds. The number of anilines is 1. The van der Waals surface area contributed by atoms with E-state index in [0.717, 1.165) is 17.8 Å². The Kier molecular flexibility index (Phi) is 6.70. The molecule has 0 fully saturated rings. The summed E-state index contributed by atoms with van der Waals surface area (Å²) in [4.78, 5) is 0. The summed E-state index contributed by atoms with van der Waals surface area (Å²) in [6.07, 6.45) is 0. The zero-order chi connectivity index (χ0) is 17.4. The summed E-state index contributed by atoms with van der Waals surface area (Å²) in [7, 11) is -1.42. The first-order valence-electron chi connectivity index (χ1n) is 9.04. The van der Waals surface area contributed by atoms with Gasteiger partial charge in [-0.05, 0) is 48.3 Å². The summed E-state index contributed by atoms with van der Waals surface area (Å²) in [5.41, 5.74) is 8.55.